The van der Waals surface area contributed by atoms with Gasteiger partial charge >= 0.3 is 0 Å². The fourth-order valence-corrected chi connectivity index (χ4v) is 3.39. The Balaban J connectivity index is 2.36. The highest BCUT2D eigenvalue weighted by molar-refractivity contribution is 7.92. The number of hydrogen-bond donors (Lipinski definition) is 1. The first-order valence-electron chi connectivity index (χ1n) is 4.98. The van der Waals surface area contributed by atoms with E-state index in [0.29, 0.717) is 13.0 Å². The Hall–Kier alpha value is -0.940. The lowest BCUT2D eigenvalue weighted by molar-refractivity contribution is 0.579. The molecule has 0 bridgehead atoms. The van der Waals surface area contributed by atoms with Gasteiger partial charge in [0.25, 0.3) is 0 Å². The second kappa shape index (κ2) is 3.90. The third-order valence-electron chi connectivity index (χ3n) is 2.64. The highest BCUT2D eigenvalue weighted by Gasteiger charge is 2.31. The average Bonchev–Trinajstić information content (AvgIpc) is 2.71. The summed E-state index contributed by atoms with van der Waals surface area (Å²) >= 11 is 0. The third-order valence-corrected chi connectivity index (χ3v) is 4.72. The van der Waals surface area contributed by atoms with E-state index < -0.39 is 9.84 Å². The molecule has 0 aliphatic carbocycles. The van der Waals surface area contributed by atoms with Gasteiger partial charge in [0.05, 0.1) is 5.25 Å². The van der Waals surface area contributed by atoms with Gasteiger partial charge in [-0.3, -0.25) is 0 Å². The zero-order valence-electron chi connectivity index (χ0n) is 8.60. The number of nitrogens with one attached hydrogen (secondary N) is 1. The molecule has 0 radical (unpaired) electrons. The van der Waals surface area contributed by atoms with Gasteiger partial charge in [-0.2, -0.15) is 0 Å². The standard InChI is InChI=1S/C10H14N2O2S/c1-8-2-5-12-10(6-8)15(13,14)9-3-4-11-7-9/h2,5-6,9,11H,3-4,7H2,1H3. The van der Waals surface area contributed by atoms with Gasteiger partial charge in [0, 0.05) is 12.7 Å². The summed E-state index contributed by atoms with van der Waals surface area (Å²) in [4.78, 5) is 3.94. The van der Waals surface area contributed by atoms with Gasteiger partial charge in [-0.05, 0) is 37.6 Å². The molecule has 15 heavy (non-hydrogen) atoms. The molecule has 1 aromatic heterocycles. The lowest BCUT2D eigenvalue weighted by Gasteiger charge is -2.09. The van der Waals surface area contributed by atoms with Crippen molar-refractivity contribution in [3.63, 3.8) is 0 Å². The van der Waals surface area contributed by atoms with E-state index in [-0.39, 0.29) is 10.3 Å². The van der Waals surface area contributed by atoms with Gasteiger partial charge in [0.2, 0.25) is 0 Å². The predicted molar refractivity (Wildman–Crippen MR) is 57.4 cm³/mol. The van der Waals surface area contributed by atoms with Crippen molar-refractivity contribution in [3.8, 4) is 0 Å². The van der Waals surface area contributed by atoms with Crippen molar-refractivity contribution < 1.29 is 8.42 Å². The first-order chi connectivity index (χ1) is 7.10. The Morgan fingerprint density at radius 1 is 1.53 bits per heavy atom. The molecule has 0 saturated carbocycles. The van der Waals surface area contributed by atoms with Crippen LogP contribution in [0, 0.1) is 6.92 Å². The summed E-state index contributed by atoms with van der Waals surface area (Å²) in [7, 11) is -3.23. The summed E-state index contributed by atoms with van der Waals surface area (Å²) in [6, 6.07) is 3.43. The quantitative estimate of drug-likeness (QED) is 0.799. The van der Waals surface area contributed by atoms with E-state index in [2.05, 4.69) is 10.3 Å². The molecule has 0 aromatic carbocycles. The van der Waals surface area contributed by atoms with E-state index in [1.165, 1.54) is 0 Å². The Kier molecular flexibility index (Phi) is 2.75. The number of sulfone groups is 1. The molecule has 82 valence electrons. The summed E-state index contributed by atoms with van der Waals surface area (Å²) in [6.07, 6.45) is 2.22. The normalized spacial score (nSPS) is 21.8. The minimum atomic E-state index is -3.23. The highest BCUT2D eigenvalue weighted by atomic mass is 32.2. The van der Waals surface area contributed by atoms with Gasteiger partial charge in [0.1, 0.15) is 0 Å². The Morgan fingerprint density at radius 2 is 2.33 bits per heavy atom. The van der Waals surface area contributed by atoms with Crippen molar-refractivity contribution in [2.75, 3.05) is 13.1 Å². The van der Waals surface area contributed by atoms with Crippen LogP contribution >= 0.6 is 0 Å². The van der Waals surface area contributed by atoms with Crippen LogP contribution in [-0.2, 0) is 9.84 Å². The smallest absolute Gasteiger partial charge is 0.199 e. The van der Waals surface area contributed by atoms with Crippen LogP contribution < -0.4 is 5.32 Å². The molecule has 1 atom stereocenters. The number of nitrogens with zero attached hydrogens (tertiary/aromatic N) is 1. The summed E-state index contributed by atoms with van der Waals surface area (Å²) in [6.45, 7) is 3.18. The van der Waals surface area contributed by atoms with Crippen LogP contribution in [0.2, 0.25) is 0 Å². The van der Waals surface area contributed by atoms with Crippen LogP contribution in [0.5, 0.6) is 0 Å². The fraction of sp³-hybridized carbons (Fsp3) is 0.500. The van der Waals surface area contributed by atoms with Crippen molar-refractivity contribution in [1.82, 2.24) is 10.3 Å². The molecule has 0 spiro atoms. The van der Waals surface area contributed by atoms with E-state index >= 15 is 0 Å². The van der Waals surface area contributed by atoms with Gasteiger partial charge in [-0.25, -0.2) is 13.4 Å². The summed E-state index contributed by atoms with van der Waals surface area (Å²) in [5.74, 6) is 0. The van der Waals surface area contributed by atoms with Crippen molar-refractivity contribution in [1.29, 1.82) is 0 Å². The molecule has 1 fully saturated rings. The molecule has 1 saturated heterocycles. The molecule has 2 rings (SSSR count). The van der Waals surface area contributed by atoms with Gasteiger partial charge in [0.15, 0.2) is 14.9 Å². The molecule has 4 nitrogen and oxygen atoms in total. The SMILES string of the molecule is Cc1ccnc(S(=O)(=O)C2CCNC2)c1. The summed E-state index contributed by atoms with van der Waals surface area (Å²) in [5, 5.41) is 2.95. The second-order valence-corrected chi connectivity index (χ2v) is 6.01. The van der Waals surface area contributed by atoms with Gasteiger partial charge in [-0.1, -0.05) is 0 Å². The Labute approximate surface area is 89.6 Å². The minimum Gasteiger partial charge on any atom is -0.315 e. The first-order valence-corrected chi connectivity index (χ1v) is 6.52. The maximum Gasteiger partial charge on any atom is 0.199 e. The molecule has 1 unspecified atom stereocenters. The molecular weight excluding hydrogens is 212 g/mol. The highest BCUT2D eigenvalue weighted by Crippen LogP contribution is 2.18. The van der Waals surface area contributed by atoms with Crippen molar-refractivity contribution in [2.45, 2.75) is 23.6 Å². The van der Waals surface area contributed by atoms with E-state index in [9.17, 15) is 8.42 Å². The maximum absolute atomic E-state index is 12.1. The van der Waals surface area contributed by atoms with Crippen molar-refractivity contribution in [3.05, 3.63) is 23.9 Å². The average molecular weight is 226 g/mol. The van der Waals surface area contributed by atoms with E-state index in [4.69, 9.17) is 0 Å². The number of aryl methyl sites for hydroxylation is 1. The van der Waals surface area contributed by atoms with E-state index in [1.807, 2.05) is 6.92 Å². The Morgan fingerprint density at radius 3 is 2.93 bits per heavy atom. The Bertz CT molecular complexity index is 450. The van der Waals surface area contributed by atoms with Crippen LogP contribution in [0.1, 0.15) is 12.0 Å². The van der Waals surface area contributed by atoms with Crippen molar-refractivity contribution >= 4 is 9.84 Å². The zero-order chi connectivity index (χ0) is 10.9. The number of aromatic nitrogens is 1. The largest absolute Gasteiger partial charge is 0.315 e. The number of hydrogen-bond acceptors (Lipinski definition) is 4. The van der Waals surface area contributed by atoms with Crippen LogP contribution in [-0.4, -0.2) is 31.7 Å². The van der Waals surface area contributed by atoms with E-state index in [0.717, 1.165) is 12.1 Å². The van der Waals surface area contributed by atoms with Crippen LogP contribution in [0.4, 0.5) is 0 Å². The van der Waals surface area contributed by atoms with Gasteiger partial charge < -0.3 is 5.32 Å². The second-order valence-electron chi connectivity index (χ2n) is 3.83. The topological polar surface area (TPSA) is 59.1 Å². The molecule has 1 aliphatic heterocycles. The lowest BCUT2D eigenvalue weighted by Crippen LogP contribution is -2.24. The summed E-state index contributed by atoms with van der Waals surface area (Å²) < 4.78 is 24.2. The third kappa shape index (κ3) is 2.03. The predicted octanol–water partition coefficient (Wildman–Crippen LogP) is 0.526. The molecular formula is C10H14N2O2S. The summed E-state index contributed by atoms with van der Waals surface area (Å²) in [5.41, 5.74) is 0.925. The van der Waals surface area contributed by atoms with Crippen molar-refractivity contribution in [2.24, 2.45) is 0 Å². The number of pyridine rings is 1. The van der Waals surface area contributed by atoms with Crippen LogP contribution in [0.25, 0.3) is 0 Å². The lowest BCUT2D eigenvalue weighted by atomic mass is 10.3. The molecule has 2 heterocycles. The van der Waals surface area contributed by atoms with E-state index in [1.54, 1.807) is 18.3 Å². The zero-order valence-corrected chi connectivity index (χ0v) is 9.42. The molecule has 1 aliphatic rings. The molecule has 5 heteroatoms. The fourth-order valence-electron chi connectivity index (χ4n) is 1.73. The number of rotatable bonds is 2. The molecule has 1 aromatic rings. The van der Waals surface area contributed by atoms with Gasteiger partial charge in [-0.15, -0.1) is 0 Å². The minimum absolute atomic E-state index is 0.205. The molecule has 1 N–H and O–H groups in total. The van der Waals surface area contributed by atoms with Crippen LogP contribution in [0.15, 0.2) is 23.4 Å². The van der Waals surface area contributed by atoms with Crippen LogP contribution in [0.3, 0.4) is 0 Å². The molecule has 0 amide bonds. The first kappa shape index (κ1) is 10.6. The monoisotopic (exact) mass is 226 g/mol. The maximum atomic E-state index is 12.1.